The molecule has 0 aliphatic carbocycles. The summed E-state index contributed by atoms with van der Waals surface area (Å²) in [6, 6.07) is 28.6. The van der Waals surface area contributed by atoms with Gasteiger partial charge in [-0.1, -0.05) is 60.7 Å². The number of nitrogens with zero attached hydrogens (tertiary/aromatic N) is 2. The predicted molar refractivity (Wildman–Crippen MR) is 128 cm³/mol. The van der Waals surface area contributed by atoms with Crippen molar-refractivity contribution in [3.63, 3.8) is 0 Å². The number of anilines is 1. The van der Waals surface area contributed by atoms with Crippen molar-refractivity contribution in [1.29, 1.82) is 0 Å². The third kappa shape index (κ3) is 4.98. The fourth-order valence-corrected chi connectivity index (χ4v) is 4.50. The highest BCUT2D eigenvalue weighted by atomic mass is 32.2. The smallest absolute Gasteiger partial charge is 0.235 e. The van der Waals surface area contributed by atoms with Gasteiger partial charge >= 0.3 is 0 Å². The van der Waals surface area contributed by atoms with Crippen molar-refractivity contribution < 1.29 is 13.2 Å². The van der Waals surface area contributed by atoms with Gasteiger partial charge in [-0.15, -0.1) is 0 Å². The molecule has 0 saturated heterocycles. The van der Waals surface area contributed by atoms with Crippen molar-refractivity contribution in [3.05, 3.63) is 109 Å². The zero-order chi connectivity index (χ0) is 22.4. The molecule has 162 valence electrons. The fraction of sp³-hybridized carbons (Fsp3) is 0.115. The van der Waals surface area contributed by atoms with Crippen LogP contribution in [0.5, 0.6) is 11.5 Å². The number of pyridine rings is 1. The predicted octanol–water partition coefficient (Wildman–Crippen LogP) is 5.90. The molecule has 0 saturated carbocycles. The highest BCUT2D eigenvalue weighted by molar-refractivity contribution is 7.92. The summed E-state index contributed by atoms with van der Waals surface area (Å²) in [7, 11) is -3.50. The Hall–Kier alpha value is -3.64. The van der Waals surface area contributed by atoms with Crippen LogP contribution in [0.1, 0.15) is 12.5 Å². The lowest BCUT2D eigenvalue weighted by molar-refractivity contribution is 0.484. The van der Waals surface area contributed by atoms with Crippen LogP contribution >= 0.6 is 0 Å². The van der Waals surface area contributed by atoms with Crippen molar-refractivity contribution in [2.75, 3.05) is 10.1 Å². The highest BCUT2D eigenvalue weighted by Gasteiger charge is 2.21. The molecule has 0 radical (unpaired) electrons. The minimum absolute atomic E-state index is 0.00477. The molecule has 0 spiro atoms. The largest absolute Gasteiger partial charge is 0.457 e. The van der Waals surface area contributed by atoms with E-state index in [1.165, 1.54) is 4.31 Å². The molecule has 0 aliphatic rings. The molecule has 6 heteroatoms. The summed E-state index contributed by atoms with van der Waals surface area (Å²) in [6.07, 6.45) is 3.34. The van der Waals surface area contributed by atoms with Crippen molar-refractivity contribution in [2.24, 2.45) is 0 Å². The maximum Gasteiger partial charge on any atom is 0.235 e. The molecule has 0 N–H and O–H groups in total. The van der Waals surface area contributed by atoms with Crippen LogP contribution < -0.4 is 9.04 Å². The average Bonchev–Trinajstić information content (AvgIpc) is 2.84. The van der Waals surface area contributed by atoms with Crippen LogP contribution in [-0.2, 0) is 16.6 Å². The van der Waals surface area contributed by atoms with Crippen LogP contribution in [-0.4, -0.2) is 19.2 Å². The Kier molecular flexibility index (Phi) is 6.52. The number of hydrogen-bond donors (Lipinski definition) is 0. The summed E-state index contributed by atoms with van der Waals surface area (Å²) >= 11 is 0. The van der Waals surface area contributed by atoms with Crippen molar-refractivity contribution in [3.8, 4) is 22.6 Å². The lowest BCUT2D eigenvalue weighted by Gasteiger charge is -2.24. The number of sulfonamides is 1. The topological polar surface area (TPSA) is 59.5 Å². The molecule has 3 aromatic carbocycles. The van der Waals surface area contributed by atoms with E-state index in [-0.39, 0.29) is 12.3 Å². The lowest BCUT2D eigenvalue weighted by atomic mass is 10.0. The summed E-state index contributed by atoms with van der Waals surface area (Å²) in [5.41, 5.74) is 3.37. The number of aromatic nitrogens is 1. The van der Waals surface area contributed by atoms with Crippen LogP contribution in [0.15, 0.2) is 103 Å². The van der Waals surface area contributed by atoms with E-state index in [4.69, 9.17) is 4.74 Å². The second-order valence-corrected chi connectivity index (χ2v) is 9.41. The van der Waals surface area contributed by atoms with E-state index in [2.05, 4.69) is 4.98 Å². The first-order valence-electron chi connectivity index (χ1n) is 10.4. The van der Waals surface area contributed by atoms with Gasteiger partial charge in [0.25, 0.3) is 0 Å². The van der Waals surface area contributed by atoms with E-state index in [1.54, 1.807) is 43.6 Å². The maximum absolute atomic E-state index is 12.9. The SMILES string of the molecule is CCS(=O)(=O)N(Cc1cccnc1)c1cccc(Oc2ccccc2-c2ccccc2)c1. The first-order chi connectivity index (χ1) is 15.6. The Labute approximate surface area is 189 Å². The summed E-state index contributed by atoms with van der Waals surface area (Å²) in [6.45, 7) is 1.84. The fourth-order valence-electron chi connectivity index (χ4n) is 3.40. The van der Waals surface area contributed by atoms with Crippen LogP contribution in [0.3, 0.4) is 0 Å². The molecule has 0 fully saturated rings. The van der Waals surface area contributed by atoms with Gasteiger partial charge in [0.15, 0.2) is 0 Å². The first kappa shape index (κ1) is 21.6. The Morgan fingerprint density at radius 2 is 1.66 bits per heavy atom. The summed E-state index contributed by atoms with van der Waals surface area (Å²) in [5, 5.41) is 0. The van der Waals surface area contributed by atoms with E-state index in [0.717, 1.165) is 16.7 Å². The monoisotopic (exact) mass is 444 g/mol. The van der Waals surface area contributed by atoms with Gasteiger partial charge in [-0.2, -0.15) is 0 Å². The Morgan fingerprint density at radius 1 is 0.875 bits per heavy atom. The van der Waals surface area contributed by atoms with E-state index >= 15 is 0 Å². The molecule has 0 unspecified atom stereocenters. The van der Waals surface area contributed by atoms with Crippen LogP contribution in [0, 0.1) is 0 Å². The van der Waals surface area contributed by atoms with Gasteiger partial charge in [0, 0.05) is 24.0 Å². The zero-order valence-electron chi connectivity index (χ0n) is 17.8. The normalized spacial score (nSPS) is 11.2. The Morgan fingerprint density at radius 3 is 2.41 bits per heavy atom. The molecule has 4 aromatic rings. The lowest BCUT2D eigenvalue weighted by Crippen LogP contribution is -2.31. The summed E-state index contributed by atoms with van der Waals surface area (Å²) < 4.78 is 33.4. The molecular formula is C26H24N2O3S. The zero-order valence-corrected chi connectivity index (χ0v) is 18.6. The number of ether oxygens (including phenoxy) is 1. The van der Waals surface area contributed by atoms with Crippen molar-refractivity contribution >= 4 is 15.7 Å². The minimum Gasteiger partial charge on any atom is -0.457 e. The van der Waals surface area contributed by atoms with Crippen molar-refractivity contribution in [1.82, 2.24) is 4.98 Å². The number of hydrogen-bond acceptors (Lipinski definition) is 4. The van der Waals surface area contributed by atoms with Gasteiger partial charge in [-0.25, -0.2) is 8.42 Å². The van der Waals surface area contributed by atoms with Gasteiger partial charge in [-0.05, 0) is 42.3 Å². The number of para-hydroxylation sites is 1. The molecular weight excluding hydrogens is 420 g/mol. The average molecular weight is 445 g/mol. The highest BCUT2D eigenvalue weighted by Crippen LogP contribution is 2.34. The van der Waals surface area contributed by atoms with E-state index < -0.39 is 10.0 Å². The maximum atomic E-state index is 12.9. The standard InChI is InChI=1S/C26H24N2O3S/c1-2-32(29,30)28(20-21-10-9-17-27-19-21)23-13-8-14-24(18-23)31-26-16-7-6-15-25(26)22-11-4-3-5-12-22/h3-19H,2,20H2,1H3. The van der Waals surface area contributed by atoms with Crippen LogP contribution in [0.25, 0.3) is 11.1 Å². The molecule has 0 aliphatic heterocycles. The van der Waals surface area contributed by atoms with Gasteiger partial charge in [0.1, 0.15) is 11.5 Å². The molecule has 1 heterocycles. The minimum atomic E-state index is -3.50. The molecule has 5 nitrogen and oxygen atoms in total. The summed E-state index contributed by atoms with van der Waals surface area (Å²) in [5.74, 6) is 1.26. The Balaban J connectivity index is 1.67. The van der Waals surface area contributed by atoms with E-state index in [1.807, 2.05) is 66.7 Å². The van der Waals surface area contributed by atoms with E-state index in [9.17, 15) is 8.42 Å². The van der Waals surface area contributed by atoms with E-state index in [0.29, 0.717) is 17.2 Å². The quantitative estimate of drug-likeness (QED) is 0.340. The third-order valence-corrected chi connectivity index (χ3v) is 6.80. The van der Waals surface area contributed by atoms with Gasteiger partial charge in [0.05, 0.1) is 18.0 Å². The van der Waals surface area contributed by atoms with Gasteiger partial charge in [0.2, 0.25) is 10.0 Å². The third-order valence-electron chi connectivity index (χ3n) is 5.05. The second-order valence-electron chi connectivity index (χ2n) is 7.23. The Bertz CT molecular complexity index is 1280. The molecule has 0 amide bonds. The van der Waals surface area contributed by atoms with Gasteiger partial charge in [-0.3, -0.25) is 9.29 Å². The molecule has 4 rings (SSSR count). The molecule has 0 atom stereocenters. The molecule has 1 aromatic heterocycles. The first-order valence-corrected chi connectivity index (χ1v) is 12.0. The van der Waals surface area contributed by atoms with Gasteiger partial charge < -0.3 is 4.74 Å². The molecule has 32 heavy (non-hydrogen) atoms. The number of rotatable bonds is 8. The van der Waals surface area contributed by atoms with Crippen molar-refractivity contribution in [2.45, 2.75) is 13.5 Å². The van der Waals surface area contributed by atoms with Crippen LogP contribution in [0.4, 0.5) is 5.69 Å². The summed E-state index contributed by atoms with van der Waals surface area (Å²) in [4.78, 5) is 4.11. The van der Waals surface area contributed by atoms with Crippen LogP contribution in [0.2, 0.25) is 0 Å². The number of benzene rings is 3. The second kappa shape index (κ2) is 9.66. The molecule has 0 bridgehead atoms.